The van der Waals surface area contributed by atoms with Crippen LogP contribution in [0.15, 0.2) is 0 Å². The highest BCUT2D eigenvalue weighted by Crippen LogP contribution is 2.57. The summed E-state index contributed by atoms with van der Waals surface area (Å²) in [4.78, 5) is 0. The van der Waals surface area contributed by atoms with Crippen molar-refractivity contribution in [3.63, 3.8) is 0 Å². The van der Waals surface area contributed by atoms with Gasteiger partial charge in [0, 0.05) is 0 Å². The third-order valence-electron chi connectivity index (χ3n) is 5.25. The van der Waals surface area contributed by atoms with Crippen molar-refractivity contribution in [3.05, 3.63) is 0 Å². The van der Waals surface area contributed by atoms with Crippen LogP contribution in [0, 0.1) is 29.1 Å². The van der Waals surface area contributed by atoms with Gasteiger partial charge in [-0.1, -0.05) is 48.0 Å². The summed E-state index contributed by atoms with van der Waals surface area (Å²) in [6.45, 7) is 14.4. The summed E-state index contributed by atoms with van der Waals surface area (Å²) in [6.07, 6.45) is 5.82. The molecule has 1 aliphatic rings. The van der Waals surface area contributed by atoms with Crippen LogP contribution in [0.5, 0.6) is 0 Å². The Bertz CT molecular complexity index is 190. The average Bonchev–Trinajstić information content (AvgIpc) is 2.11. The molecule has 1 saturated carbocycles. The highest BCUT2D eigenvalue weighted by atomic mass is 14.5. The summed E-state index contributed by atoms with van der Waals surface area (Å²) in [6, 6.07) is 0. The molecule has 0 N–H and O–H groups in total. The molecule has 1 aliphatic carbocycles. The van der Waals surface area contributed by atoms with Crippen molar-refractivity contribution in [1.82, 2.24) is 0 Å². The van der Waals surface area contributed by atoms with Gasteiger partial charge in [-0.3, -0.25) is 0 Å². The molecular formula is C15H30. The molecule has 0 aromatic rings. The Morgan fingerprint density at radius 1 is 1.13 bits per heavy atom. The number of hydrogen-bond acceptors (Lipinski definition) is 0. The Morgan fingerprint density at radius 2 is 1.73 bits per heavy atom. The first kappa shape index (κ1) is 13.1. The highest BCUT2D eigenvalue weighted by molar-refractivity contribution is 4.97. The number of hydrogen-bond donors (Lipinski definition) is 0. The van der Waals surface area contributed by atoms with Crippen molar-refractivity contribution >= 4 is 0 Å². The van der Waals surface area contributed by atoms with E-state index in [4.69, 9.17) is 0 Å². The topological polar surface area (TPSA) is 0 Å². The zero-order valence-electron chi connectivity index (χ0n) is 11.6. The minimum Gasteiger partial charge on any atom is -0.0651 e. The molecule has 3 atom stereocenters. The van der Waals surface area contributed by atoms with Crippen LogP contribution in [0.3, 0.4) is 0 Å². The van der Waals surface area contributed by atoms with Gasteiger partial charge in [-0.15, -0.1) is 0 Å². The molecule has 0 amide bonds. The molecule has 0 aliphatic heterocycles. The van der Waals surface area contributed by atoms with E-state index in [1.54, 1.807) is 0 Å². The standard InChI is InChI=1S/C15H30/c1-7-14-8-9-15(14,12(4)5)10-13(6)11(2)3/h11-14H,7-10H2,1-6H3. The molecule has 0 heterocycles. The third kappa shape index (κ3) is 2.40. The summed E-state index contributed by atoms with van der Waals surface area (Å²) in [5, 5.41) is 0. The monoisotopic (exact) mass is 210 g/mol. The van der Waals surface area contributed by atoms with Gasteiger partial charge in [0.05, 0.1) is 0 Å². The van der Waals surface area contributed by atoms with Crippen LogP contribution in [0.1, 0.15) is 67.2 Å². The second-order valence-corrected chi connectivity index (χ2v) is 6.46. The smallest absolute Gasteiger partial charge is 0.0243 e. The predicted molar refractivity (Wildman–Crippen MR) is 68.9 cm³/mol. The predicted octanol–water partition coefficient (Wildman–Crippen LogP) is 5.13. The zero-order valence-corrected chi connectivity index (χ0v) is 11.6. The Kier molecular flexibility index (Phi) is 4.26. The molecule has 1 rings (SSSR count). The first-order chi connectivity index (χ1) is 6.94. The van der Waals surface area contributed by atoms with Crippen molar-refractivity contribution in [2.24, 2.45) is 29.1 Å². The average molecular weight is 210 g/mol. The molecule has 0 bridgehead atoms. The Morgan fingerprint density at radius 3 is 2.00 bits per heavy atom. The minimum atomic E-state index is 0.693. The molecular weight excluding hydrogens is 180 g/mol. The van der Waals surface area contributed by atoms with E-state index in [0.29, 0.717) is 5.41 Å². The minimum absolute atomic E-state index is 0.693. The zero-order chi connectivity index (χ0) is 11.6. The third-order valence-corrected chi connectivity index (χ3v) is 5.25. The van der Waals surface area contributed by atoms with Crippen molar-refractivity contribution < 1.29 is 0 Å². The second kappa shape index (κ2) is 4.89. The van der Waals surface area contributed by atoms with Crippen LogP contribution < -0.4 is 0 Å². The second-order valence-electron chi connectivity index (χ2n) is 6.46. The molecule has 1 fully saturated rings. The van der Waals surface area contributed by atoms with Crippen molar-refractivity contribution in [2.75, 3.05) is 0 Å². The van der Waals surface area contributed by atoms with Crippen LogP contribution in [-0.4, -0.2) is 0 Å². The van der Waals surface area contributed by atoms with E-state index in [9.17, 15) is 0 Å². The van der Waals surface area contributed by atoms with E-state index in [2.05, 4.69) is 41.5 Å². The summed E-state index contributed by atoms with van der Waals surface area (Å²) in [5.74, 6) is 3.62. The summed E-state index contributed by atoms with van der Waals surface area (Å²) in [5.41, 5.74) is 0.693. The highest BCUT2D eigenvalue weighted by Gasteiger charge is 2.48. The molecule has 0 aromatic heterocycles. The van der Waals surface area contributed by atoms with E-state index in [1.165, 1.54) is 25.7 Å². The lowest BCUT2D eigenvalue weighted by atomic mass is 9.51. The maximum absolute atomic E-state index is 2.44. The van der Waals surface area contributed by atoms with Gasteiger partial charge in [-0.2, -0.15) is 0 Å². The Balaban J connectivity index is 2.67. The lowest BCUT2D eigenvalue weighted by Crippen LogP contribution is -2.45. The van der Waals surface area contributed by atoms with Crippen LogP contribution in [0.25, 0.3) is 0 Å². The molecule has 0 saturated heterocycles. The van der Waals surface area contributed by atoms with Crippen molar-refractivity contribution in [1.29, 1.82) is 0 Å². The fourth-order valence-corrected chi connectivity index (χ4v) is 3.43. The molecule has 15 heavy (non-hydrogen) atoms. The van der Waals surface area contributed by atoms with E-state index < -0.39 is 0 Å². The first-order valence-corrected chi connectivity index (χ1v) is 6.94. The quantitative estimate of drug-likeness (QED) is 0.590. The van der Waals surface area contributed by atoms with Gasteiger partial charge in [-0.05, 0) is 48.3 Å². The Labute approximate surface area is 96.8 Å². The van der Waals surface area contributed by atoms with Crippen molar-refractivity contribution in [3.8, 4) is 0 Å². The van der Waals surface area contributed by atoms with Crippen LogP contribution in [0.2, 0.25) is 0 Å². The van der Waals surface area contributed by atoms with Crippen LogP contribution >= 0.6 is 0 Å². The van der Waals surface area contributed by atoms with E-state index in [1.807, 2.05) is 0 Å². The SMILES string of the molecule is CCC1CCC1(CC(C)C(C)C)C(C)C. The van der Waals surface area contributed by atoms with E-state index in [0.717, 1.165) is 23.7 Å². The lowest BCUT2D eigenvalue weighted by molar-refractivity contribution is -0.0466. The van der Waals surface area contributed by atoms with Crippen molar-refractivity contribution in [2.45, 2.75) is 67.2 Å². The number of rotatable bonds is 5. The van der Waals surface area contributed by atoms with Gasteiger partial charge in [0.1, 0.15) is 0 Å². The molecule has 0 nitrogen and oxygen atoms in total. The Hall–Kier alpha value is 0. The van der Waals surface area contributed by atoms with Gasteiger partial charge in [0.15, 0.2) is 0 Å². The van der Waals surface area contributed by atoms with Gasteiger partial charge < -0.3 is 0 Å². The van der Waals surface area contributed by atoms with Gasteiger partial charge in [-0.25, -0.2) is 0 Å². The largest absolute Gasteiger partial charge is 0.0651 e. The first-order valence-electron chi connectivity index (χ1n) is 6.94. The summed E-state index contributed by atoms with van der Waals surface area (Å²) >= 11 is 0. The van der Waals surface area contributed by atoms with Gasteiger partial charge in [0.25, 0.3) is 0 Å². The molecule has 3 unspecified atom stereocenters. The fourth-order valence-electron chi connectivity index (χ4n) is 3.43. The molecule has 0 aromatic carbocycles. The normalized spacial score (nSPS) is 33.2. The van der Waals surface area contributed by atoms with Gasteiger partial charge in [0.2, 0.25) is 0 Å². The maximum Gasteiger partial charge on any atom is -0.0243 e. The van der Waals surface area contributed by atoms with E-state index in [-0.39, 0.29) is 0 Å². The lowest BCUT2D eigenvalue weighted by Gasteiger charge is -2.54. The molecule has 90 valence electrons. The summed E-state index contributed by atoms with van der Waals surface area (Å²) in [7, 11) is 0. The fraction of sp³-hybridized carbons (Fsp3) is 1.00. The van der Waals surface area contributed by atoms with Gasteiger partial charge >= 0.3 is 0 Å². The molecule has 0 radical (unpaired) electrons. The maximum atomic E-state index is 2.44. The van der Waals surface area contributed by atoms with Crippen LogP contribution in [0.4, 0.5) is 0 Å². The van der Waals surface area contributed by atoms with Crippen LogP contribution in [-0.2, 0) is 0 Å². The molecule has 0 heteroatoms. The molecule has 0 spiro atoms. The summed E-state index contributed by atoms with van der Waals surface area (Å²) < 4.78 is 0. The van der Waals surface area contributed by atoms with E-state index >= 15 is 0 Å².